The van der Waals surface area contributed by atoms with E-state index in [1.165, 1.54) is 0 Å². The van der Waals surface area contributed by atoms with Crippen molar-refractivity contribution in [2.75, 3.05) is 0 Å². The third kappa shape index (κ3) is 2.41. The van der Waals surface area contributed by atoms with E-state index >= 15 is 0 Å². The van der Waals surface area contributed by atoms with E-state index in [1.807, 2.05) is 44.3 Å². The number of carboxylic acids is 1. The van der Waals surface area contributed by atoms with Gasteiger partial charge in [0.1, 0.15) is 5.54 Å². The van der Waals surface area contributed by atoms with Gasteiger partial charge in [0.25, 0.3) is 0 Å². The van der Waals surface area contributed by atoms with Crippen LogP contribution in [0.3, 0.4) is 0 Å². The second-order valence-corrected chi connectivity index (χ2v) is 5.38. The molecule has 1 heterocycles. The Labute approximate surface area is 131 Å². The Morgan fingerprint density at radius 1 is 1.26 bits per heavy atom. The molecule has 0 spiro atoms. The number of aromatic nitrogens is 1. The van der Waals surface area contributed by atoms with Crippen molar-refractivity contribution in [3.8, 4) is 0 Å². The summed E-state index contributed by atoms with van der Waals surface area (Å²) in [6, 6.07) is 7.81. The topological polar surface area (TPSA) is 79.1 Å². The van der Waals surface area contributed by atoms with Gasteiger partial charge >= 0.3 is 5.97 Å². The van der Waals surface area contributed by atoms with Crippen LogP contribution < -0.4 is 5.73 Å². The number of aliphatic carboxylic acids is 1. The van der Waals surface area contributed by atoms with E-state index in [1.54, 1.807) is 6.92 Å². The molecule has 0 saturated carbocycles. The first-order valence-electron chi connectivity index (χ1n) is 5.87. The second kappa shape index (κ2) is 5.21. The number of benzene rings is 1. The van der Waals surface area contributed by atoms with Crippen LogP contribution in [0, 0.1) is 0 Å². The van der Waals surface area contributed by atoms with Crippen molar-refractivity contribution in [1.82, 2.24) is 4.98 Å². The molecule has 3 radical (unpaired) electrons. The van der Waals surface area contributed by atoms with Gasteiger partial charge in [0, 0.05) is 48.4 Å². The van der Waals surface area contributed by atoms with E-state index in [0.29, 0.717) is 0 Å². The van der Waals surface area contributed by atoms with Crippen LogP contribution in [0.4, 0.5) is 0 Å². The minimum absolute atomic E-state index is 0. The second-order valence-electron chi connectivity index (χ2n) is 5.38. The quantitative estimate of drug-likeness (QED) is 0.781. The maximum atomic E-state index is 11.4. The molecule has 4 nitrogen and oxygen atoms in total. The minimum Gasteiger partial charge on any atom is -0.480 e. The van der Waals surface area contributed by atoms with Gasteiger partial charge in [-0.15, -0.1) is 0 Å². The Bertz CT molecular complexity index is 602. The molecule has 0 aliphatic carbocycles. The monoisotopic (exact) mass is 361 g/mol. The number of rotatable bonds is 3. The van der Waals surface area contributed by atoms with Gasteiger partial charge in [0.2, 0.25) is 0 Å². The Hall–Kier alpha value is -0.940. The van der Waals surface area contributed by atoms with Gasteiger partial charge in [-0.3, -0.25) is 4.79 Å². The van der Waals surface area contributed by atoms with Gasteiger partial charge in [0.05, 0.1) is 0 Å². The SMILES string of the molecule is CC(C)(c1c[nH]c2ccccc12)[C@](C)(N)C(=O)O.[In]. The van der Waals surface area contributed by atoms with Crippen LogP contribution in [0.25, 0.3) is 10.9 Å². The molecule has 4 N–H and O–H groups in total. The largest absolute Gasteiger partial charge is 0.480 e. The maximum Gasteiger partial charge on any atom is 0.324 e. The fourth-order valence-corrected chi connectivity index (χ4v) is 2.14. The summed E-state index contributed by atoms with van der Waals surface area (Å²) in [5.41, 5.74) is 5.90. The number of carboxylic acid groups (broad SMARTS) is 1. The standard InChI is InChI=1S/C14H18N2O2.In/c1-13(2,14(3,15)12(17)18)10-8-16-11-7-5-4-6-9(10)11;/h4-8,16H,15H2,1-3H3,(H,17,18);/t14-;/m1./s1. The molecule has 0 saturated heterocycles. The number of nitrogens with one attached hydrogen (secondary N) is 1. The van der Waals surface area contributed by atoms with Crippen LogP contribution in [0.5, 0.6) is 0 Å². The average Bonchev–Trinajstić information content (AvgIpc) is 2.72. The molecule has 0 aliphatic rings. The van der Waals surface area contributed by atoms with E-state index in [4.69, 9.17) is 5.73 Å². The van der Waals surface area contributed by atoms with Crippen molar-refractivity contribution in [1.29, 1.82) is 0 Å². The third-order valence-electron chi connectivity index (χ3n) is 4.01. The summed E-state index contributed by atoms with van der Waals surface area (Å²) in [4.78, 5) is 14.5. The molecule has 1 atom stereocenters. The van der Waals surface area contributed by atoms with Crippen LogP contribution in [0.15, 0.2) is 30.5 Å². The van der Waals surface area contributed by atoms with Crippen molar-refractivity contribution in [3.05, 3.63) is 36.0 Å². The van der Waals surface area contributed by atoms with Gasteiger partial charge in [-0.05, 0) is 18.6 Å². The first-order valence-corrected chi connectivity index (χ1v) is 5.87. The molecule has 5 heteroatoms. The molecule has 0 amide bonds. The zero-order valence-corrected chi connectivity index (χ0v) is 14.7. The Kier molecular flexibility index (Phi) is 4.42. The summed E-state index contributed by atoms with van der Waals surface area (Å²) in [6.07, 6.45) is 1.85. The normalized spacial score (nSPS) is 14.7. The summed E-state index contributed by atoms with van der Waals surface area (Å²) < 4.78 is 0. The fourth-order valence-electron chi connectivity index (χ4n) is 2.14. The molecule has 2 aromatic rings. The third-order valence-corrected chi connectivity index (χ3v) is 4.01. The van der Waals surface area contributed by atoms with Gasteiger partial charge in [-0.1, -0.05) is 32.0 Å². The van der Waals surface area contributed by atoms with Gasteiger partial charge in [-0.2, -0.15) is 0 Å². The molecule has 1 aromatic carbocycles. The summed E-state index contributed by atoms with van der Waals surface area (Å²) in [5, 5.41) is 10.3. The molecule has 0 bridgehead atoms. The smallest absolute Gasteiger partial charge is 0.324 e. The molecule has 99 valence electrons. The number of para-hydroxylation sites is 1. The number of nitrogens with two attached hydrogens (primary N) is 1. The zero-order valence-electron chi connectivity index (χ0n) is 11.4. The predicted molar refractivity (Wildman–Crippen MR) is 77.3 cm³/mol. The summed E-state index contributed by atoms with van der Waals surface area (Å²) >= 11 is 0. The Morgan fingerprint density at radius 3 is 2.42 bits per heavy atom. The van der Waals surface area contributed by atoms with Gasteiger partial charge in [0.15, 0.2) is 0 Å². The van der Waals surface area contributed by atoms with E-state index in [0.717, 1.165) is 16.5 Å². The number of aromatic amines is 1. The number of fused-ring (bicyclic) bond motifs is 1. The molecule has 0 fully saturated rings. The van der Waals surface area contributed by atoms with Crippen molar-refractivity contribution in [2.45, 2.75) is 31.7 Å². The number of carbonyl (C=O) groups is 1. The van der Waals surface area contributed by atoms with E-state index < -0.39 is 16.9 Å². The zero-order chi connectivity index (χ0) is 13.6. The minimum atomic E-state index is -1.34. The van der Waals surface area contributed by atoms with E-state index in [2.05, 4.69) is 4.98 Å². The first kappa shape index (κ1) is 16.1. The summed E-state index contributed by atoms with van der Waals surface area (Å²) in [7, 11) is 0. The predicted octanol–water partition coefficient (Wildman–Crippen LogP) is 1.87. The Balaban J connectivity index is 0.00000180. The van der Waals surface area contributed by atoms with Crippen molar-refractivity contribution in [3.63, 3.8) is 0 Å². The number of H-pyrrole nitrogens is 1. The van der Waals surface area contributed by atoms with Crippen LogP contribution >= 0.6 is 0 Å². The van der Waals surface area contributed by atoms with Crippen molar-refractivity contribution in [2.24, 2.45) is 5.73 Å². The van der Waals surface area contributed by atoms with Crippen LogP contribution in [0.2, 0.25) is 0 Å². The van der Waals surface area contributed by atoms with Crippen molar-refractivity contribution >= 4 is 42.7 Å². The molecular weight excluding hydrogens is 343 g/mol. The van der Waals surface area contributed by atoms with Crippen LogP contribution in [-0.4, -0.2) is 47.4 Å². The van der Waals surface area contributed by atoms with Crippen LogP contribution in [-0.2, 0) is 10.2 Å². The molecule has 19 heavy (non-hydrogen) atoms. The molecule has 0 unspecified atom stereocenters. The number of hydrogen-bond acceptors (Lipinski definition) is 2. The van der Waals surface area contributed by atoms with E-state index in [9.17, 15) is 9.90 Å². The molecule has 2 rings (SSSR count). The van der Waals surface area contributed by atoms with Gasteiger partial charge < -0.3 is 15.8 Å². The maximum absolute atomic E-state index is 11.4. The number of hydrogen-bond donors (Lipinski definition) is 3. The molecular formula is C14H18InN2O2. The first-order chi connectivity index (χ1) is 8.28. The summed E-state index contributed by atoms with van der Waals surface area (Å²) in [6.45, 7) is 5.27. The Morgan fingerprint density at radius 2 is 1.84 bits per heavy atom. The summed E-state index contributed by atoms with van der Waals surface area (Å²) in [5.74, 6) is -1.00. The van der Waals surface area contributed by atoms with Gasteiger partial charge in [-0.25, -0.2) is 0 Å². The van der Waals surface area contributed by atoms with E-state index in [-0.39, 0.29) is 25.8 Å². The van der Waals surface area contributed by atoms with Crippen molar-refractivity contribution < 1.29 is 9.90 Å². The average molecular weight is 361 g/mol. The molecule has 1 aromatic heterocycles. The fraction of sp³-hybridized carbons (Fsp3) is 0.357. The van der Waals surface area contributed by atoms with Crippen LogP contribution in [0.1, 0.15) is 26.3 Å². The molecule has 0 aliphatic heterocycles.